The lowest BCUT2D eigenvalue weighted by Crippen LogP contribution is -2.41. The van der Waals surface area contributed by atoms with E-state index >= 15 is 0 Å². The van der Waals surface area contributed by atoms with Crippen molar-refractivity contribution in [3.63, 3.8) is 0 Å². The summed E-state index contributed by atoms with van der Waals surface area (Å²) >= 11 is 0. The number of nitrogens with one attached hydrogen (secondary N) is 1. The van der Waals surface area contributed by atoms with Crippen LogP contribution < -0.4 is 5.32 Å². The highest BCUT2D eigenvalue weighted by molar-refractivity contribution is 5.74. The fraction of sp³-hybridized carbons (Fsp3) is 0.533. The average molecular weight is 298 g/mol. The van der Waals surface area contributed by atoms with Gasteiger partial charge in [0.15, 0.2) is 0 Å². The molecule has 6 heteroatoms. The first-order valence-electron chi connectivity index (χ1n) is 7.21. The molecule has 116 valence electrons. The lowest BCUT2D eigenvalue weighted by molar-refractivity contribution is 0.190. The summed E-state index contributed by atoms with van der Waals surface area (Å²) in [7, 11) is 0. The molecule has 0 spiro atoms. The zero-order chi connectivity index (χ0) is 15.2. The number of nitrogens with zero attached hydrogens (tertiary/aromatic N) is 1. The van der Waals surface area contributed by atoms with Gasteiger partial charge >= 0.3 is 6.03 Å². The molecule has 1 saturated carbocycles. The molecule has 0 atom stereocenters. The Bertz CT molecular complexity index is 493. The Hall–Kier alpha value is -1.69. The Kier molecular flexibility index (Phi) is 5.50. The summed E-state index contributed by atoms with van der Waals surface area (Å²) in [5.74, 6) is -1.06. The van der Waals surface area contributed by atoms with E-state index in [-0.39, 0.29) is 30.8 Å². The second-order valence-corrected chi connectivity index (χ2v) is 5.25. The minimum atomic E-state index is -0.532. The molecule has 0 saturated heterocycles. The summed E-state index contributed by atoms with van der Waals surface area (Å²) in [6.07, 6.45) is 3.32. The predicted octanol–water partition coefficient (Wildman–Crippen LogP) is 2.41. The number of urea groups is 1. The third kappa shape index (κ3) is 4.67. The molecule has 2 rings (SSSR count). The normalized spacial score (nSPS) is 14.0. The predicted molar refractivity (Wildman–Crippen MR) is 74.6 cm³/mol. The Labute approximate surface area is 122 Å². The zero-order valence-corrected chi connectivity index (χ0v) is 11.8. The number of aliphatic hydroxyl groups excluding tert-OH is 1. The van der Waals surface area contributed by atoms with Crippen molar-refractivity contribution >= 4 is 6.03 Å². The topological polar surface area (TPSA) is 52.6 Å². The maximum Gasteiger partial charge on any atom is 0.317 e. The smallest absolute Gasteiger partial charge is 0.317 e. The quantitative estimate of drug-likeness (QED) is 0.760. The van der Waals surface area contributed by atoms with E-state index in [1.54, 1.807) is 4.90 Å². The van der Waals surface area contributed by atoms with Gasteiger partial charge in [0.25, 0.3) is 0 Å². The minimum Gasteiger partial charge on any atom is -0.396 e. The van der Waals surface area contributed by atoms with E-state index in [4.69, 9.17) is 5.11 Å². The monoisotopic (exact) mass is 298 g/mol. The third-order valence-corrected chi connectivity index (χ3v) is 3.49. The van der Waals surface area contributed by atoms with Crippen LogP contribution in [0.4, 0.5) is 13.6 Å². The molecule has 1 aliphatic carbocycles. The highest BCUT2D eigenvalue weighted by Crippen LogP contribution is 2.27. The van der Waals surface area contributed by atoms with Gasteiger partial charge in [-0.15, -0.1) is 0 Å². The maximum atomic E-state index is 13.5. The van der Waals surface area contributed by atoms with Crippen LogP contribution in [-0.2, 0) is 6.54 Å². The molecule has 2 N–H and O–H groups in total. The number of hydrogen-bond donors (Lipinski definition) is 2. The van der Waals surface area contributed by atoms with Crippen molar-refractivity contribution in [2.45, 2.75) is 38.3 Å². The molecule has 0 unspecified atom stereocenters. The van der Waals surface area contributed by atoms with E-state index in [0.29, 0.717) is 13.0 Å². The van der Waals surface area contributed by atoms with E-state index < -0.39 is 11.6 Å². The van der Waals surface area contributed by atoms with Gasteiger partial charge in [-0.25, -0.2) is 13.6 Å². The molecular weight excluding hydrogens is 278 g/mol. The van der Waals surface area contributed by atoms with Gasteiger partial charge in [0.1, 0.15) is 11.6 Å². The second-order valence-electron chi connectivity index (χ2n) is 5.25. The summed E-state index contributed by atoms with van der Waals surface area (Å²) < 4.78 is 26.5. The summed E-state index contributed by atoms with van der Waals surface area (Å²) in [5.41, 5.74) is 0.134. The maximum absolute atomic E-state index is 13.5. The number of unbranched alkanes of at least 4 members (excludes halogenated alkanes) is 1. The number of aliphatic hydroxyl groups is 1. The summed E-state index contributed by atoms with van der Waals surface area (Å²) in [6, 6.07) is 3.16. The summed E-state index contributed by atoms with van der Waals surface area (Å²) in [5, 5.41) is 11.4. The van der Waals surface area contributed by atoms with Crippen LogP contribution in [0.25, 0.3) is 0 Å². The van der Waals surface area contributed by atoms with Crippen molar-refractivity contribution < 1.29 is 18.7 Å². The Morgan fingerprint density at radius 1 is 1.33 bits per heavy atom. The van der Waals surface area contributed by atoms with Crippen LogP contribution in [0.15, 0.2) is 18.2 Å². The molecule has 1 fully saturated rings. The van der Waals surface area contributed by atoms with Gasteiger partial charge in [0, 0.05) is 31.3 Å². The van der Waals surface area contributed by atoms with Crippen LogP contribution in [0.1, 0.15) is 31.2 Å². The van der Waals surface area contributed by atoms with Crippen LogP contribution >= 0.6 is 0 Å². The van der Waals surface area contributed by atoms with Crippen molar-refractivity contribution in [1.82, 2.24) is 10.2 Å². The molecule has 1 aromatic rings. The van der Waals surface area contributed by atoms with E-state index in [1.807, 2.05) is 0 Å². The summed E-state index contributed by atoms with van der Waals surface area (Å²) in [6.45, 7) is 0.642. The van der Waals surface area contributed by atoms with Crippen LogP contribution in [0.3, 0.4) is 0 Å². The van der Waals surface area contributed by atoms with Crippen LogP contribution in [0.2, 0.25) is 0 Å². The molecule has 0 bridgehead atoms. The van der Waals surface area contributed by atoms with Crippen molar-refractivity contribution in [1.29, 1.82) is 0 Å². The number of amides is 2. The first kappa shape index (κ1) is 15.7. The standard InChI is InChI=1S/C15H20F2N2O2/c16-12-3-6-14(17)11(9-12)10-18-15(21)19(13-4-5-13)7-1-2-8-20/h3,6,9,13,20H,1-2,4-5,7-8,10H2,(H,18,21). The van der Waals surface area contributed by atoms with Crippen molar-refractivity contribution in [3.8, 4) is 0 Å². The number of rotatable bonds is 7. The number of hydrogen-bond acceptors (Lipinski definition) is 2. The fourth-order valence-corrected chi connectivity index (χ4v) is 2.18. The van der Waals surface area contributed by atoms with Gasteiger partial charge < -0.3 is 15.3 Å². The molecule has 4 nitrogen and oxygen atoms in total. The summed E-state index contributed by atoms with van der Waals surface area (Å²) in [4.78, 5) is 13.8. The van der Waals surface area contributed by atoms with Crippen LogP contribution in [-0.4, -0.2) is 35.2 Å². The van der Waals surface area contributed by atoms with Crippen molar-refractivity contribution in [2.24, 2.45) is 0 Å². The first-order chi connectivity index (χ1) is 10.1. The SMILES string of the molecule is O=C(NCc1cc(F)ccc1F)N(CCCCO)C1CC1. The van der Waals surface area contributed by atoms with E-state index in [0.717, 1.165) is 37.5 Å². The lowest BCUT2D eigenvalue weighted by atomic mass is 10.2. The van der Waals surface area contributed by atoms with Gasteiger partial charge in [-0.05, 0) is 43.9 Å². The van der Waals surface area contributed by atoms with Gasteiger partial charge in [0.2, 0.25) is 0 Å². The van der Waals surface area contributed by atoms with E-state index in [9.17, 15) is 13.6 Å². The number of carbonyl (C=O) groups excluding carboxylic acids is 1. The van der Waals surface area contributed by atoms with E-state index in [2.05, 4.69) is 5.32 Å². The van der Waals surface area contributed by atoms with Gasteiger partial charge in [-0.2, -0.15) is 0 Å². The minimum absolute atomic E-state index is 0.0361. The molecule has 21 heavy (non-hydrogen) atoms. The zero-order valence-electron chi connectivity index (χ0n) is 11.8. The second kappa shape index (κ2) is 7.36. The molecule has 1 aliphatic rings. The first-order valence-corrected chi connectivity index (χ1v) is 7.21. The van der Waals surface area contributed by atoms with Gasteiger partial charge in [0.05, 0.1) is 0 Å². The molecule has 0 heterocycles. The average Bonchev–Trinajstić information content (AvgIpc) is 3.29. The third-order valence-electron chi connectivity index (χ3n) is 3.49. The molecule has 1 aromatic carbocycles. The van der Waals surface area contributed by atoms with Crippen LogP contribution in [0.5, 0.6) is 0 Å². The molecule has 0 aromatic heterocycles. The Balaban J connectivity index is 1.88. The van der Waals surface area contributed by atoms with E-state index in [1.165, 1.54) is 0 Å². The number of carbonyl (C=O) groups is 1. The highest BCUT2D eigenvalue weighted by atomic mass is 19.1. The highest BCUT2D eigenvalue weighted by Gasteiger charge is 2.32. The van der Waals surface area contributed by atoms with Gasteiger partial charge in [-0.1, -0.05) is 0 Å². The largest absolute Gasteiger partial charge is 0.396 e. The van der Waals surface area contributed by atoms with Crippen molar-refractivity contribution in [2.75, 3.05) is 13.2 Å². The van der Waals surface area contributed by atoms with Gasteiger partial charge in [-0.3, -0.25) is 0 Å². The number of halogens is 2. The molecule has 0 radical (unpaired) electrons. The molecule has 0 aliphatic heterocycles. The molecule has 2 amide bonds. The Morgan fingerprint density at radius 3 is 2.76 bits per heavy atom. The molecular formula is C15H20F2N2O2. The lowest BCUT2D eigenvalue weighted by Gasteiger charge is -2.22. The van der Waals surface area contributed by atoms with Crippen LogP contribution in [0, 0.1) is 11.6 Å². The van der Waals surface area contributed by atoms with Crippen molar-refractivity contribution in [3.05, 3.63) is 35.4 Å². The fourth-order valence-electron chi connectivity index (χ4n) is 2.18. The Morgan fingerprint density at radius 2 is 2.10 bits per heavy atom. The number of benzene rings is 1.